The SMILES string of the molecule is Cc1nc(N)c2c(OC(C)C3CCCC(C(=O)OC(C)C)NC3)nc(-c3cc(N)cc(F)c3OC(F)(F)F)c(F)c2c1C. The fourth-order valence-corrected chi connectivity index (χ4v) is 5.18. The van der Waals surface area contributed by atoms with Crippen LogP contribution >= 0.6 is 0 Å². The van der Waals surface area contributed by atoms with Crippen LogP contribution in [0.15, 0.2) is 12.1 Å². The quantitative estimate of drug-likeness (QED) is 0.174. The fourth-order valence-electron chi connectivity index (χ4n) is 5.18. The van der Waals surface area contributed by atoms with Crippen LogP contribution in [0.5, 0.6) is 11.6 Å². The largest absolute Gasteiger partial charge is 0.573 e. The van der Waals surface area contributed by atoms with Crippen LogP contribution in [0.4, 0.5) is 33.5 Å². The number of hydrogen-bond donors (Lipinski definition) is 3. The first-order valence-electron chi connectivity index (χ1n) is 13.8. The van der Waals surface area contributed by atoms with E-state index in [2.05, 4.69) is 20.0 Å². The lowest BCUT2D eigenvalue weighted by Crippen LogP contribution is -2.41. The van der Waals surface area contributed by atoms with E-state index >= 15 is 4.39 Å². The molecule has 43 heavy (non-hydrogen) atoms. The molecule has 4 rings (SSSR count). The van der Waals surface area contributed by atoms with Crippen LogP contribution in [0.1, 0.15) is 51.3 Å². The average Bonchev–Trinajstić information content (AvgIpc) is 3.15. The second-order valence-electron chi connectivity index (χ2n) is 10.9. The molecular weight excluding hydrogens is 577 g/mol. The minimum atomic E-state index is -5.29. The first-order valence-corrected chi connectivity index (χ1v) is 13.8. The van der Waals surface area contributed by atoms with Crippen molar-refractivity contribution in [3.8, 4) is 22.9 Å². The van der Waals surface area contributed by atoms with Crippen LogP contribution in [-0.4, -0.2) is 47.1 Å². The molecule has 2 aromatic heterocycles. The Bertz CT molecular complexity index is 1530. The van der Waals surface area contributed by atoms with E-state index in [1.807, 2.05) is 0 Å². The molecule has 0 saturated carbocycles. The van der Waals surface area contributed by atoms with Crippen molar-refractivity contribution in [2.75, 3.05) is 18.0 Å². The molecule has 0 amide bonds. The molecule has 9 nitrogen and oxygen atoms in total. The molecule has 5 N–H and O–H groups in total. The summed E-state index contributed by atoms with van der Waals surface area (Å²) in [5.74, 6) is -4.67. The van der Waals surface area contributed by atoms with Gasteiger partial charge in [-0.05, 0) is 59.1 Å². The number of nitrogens with two attached hydrogens (primary N) is 2. The van der Waals surface area contributed by atoms with Crippen molar-refractivity contribution < 1.29 is 41.0 Å². The first-order chi connectivity index (χ1) is 20.1. The predicted molar refractivity (Wildman–Crippen MR) is 150 cm³/mol. The molecule has 1 saturated heterocycles. The molecule has 3 atom stereocenters. The second kappa shape index (κ2) is 12.3. The van der Waals surface area contributed by atoms with Crippen LogP contribution in [0.2, 0.25) is 0 Å². The van der Waals surface area contributed by atoms with Gasteiger partial charge in [-0.25, -0.2) is 18.7 Å². The Balaban J connectivity index is 1.81. The summed E-state index contributed by atoms with van der Waals surface area (Å²) in [5, 5.41) is 3.12. The second-order valence-corrected chi connectivity index (χ2v) is 10.9. The number of aryl methyl sites for hydroxylation is 2. The van der Waals surface area contributed by atoms with Gasteiger partial charge in [-0.1, -0.05) is 6.42 Å². The number of hydrogen-bond acceptors (Lipinski definition) is 9. The summed E-state index contributed by atoms with van der Waals surface area (Å²) >= 11 is 0. The highest BCUT2D eigenvalue weighted by molar-refractivity contribution is 6.00. The normalized spacial score (nSPS) is 18.4. The number of nitrogens with zero attached hydrogens (tertiary/aromatic N) is 2. The van der Waals surface area contributed by atoms with Gasteiger partial charge in [0.1, 0.15) is 23.7 Å². The molecule has 1 aliphatic rings. The predicted octanol–water partition coefficient (Wildman–Crippen LogP) is 5.73. The van der Waals surface area contributed by atoms with Gasteiger partial charge < -0.3 is 31.0 Å². The zero-order valence-electron chi connectivity index (χ0n) is 24.4. The van der Waals surface area contributed by atoms with Gasteiger partial charge in [-0.15, -0.1) is 13.2 Å². The summed E-state index contributed by atoms with van der Waals surface area (Å²) in [7, 11) is 0. The molecule has 14 heteroatoms. The molecule has 0 spiro atoms. The van der Waals surface area contributed by atoms with E-state index in [4.69, 9.17) is 20.9 Å². The molecular formula is C29H34F5N5O4. The van der Waals surface area contributed by atoms with E-state index in [0.29, 0.717) is 43.1 Å². The van der Waals surface area contributed by atoms with Crippen molar-refractivity contribution in [3.05, 3.63) is 35.0 Å². The summed E-state index contributed by atoms with van der Waals surface area (Å²) in [4.78, 5) is 20.9. The van der Waals surface area contributed by atoms with Crippen molar-refractivity contribution in [2.24, 2.45) is 5.92 Å². The van der Waals surface area contributed by atoms with Gasteiger partial charge in [-0.2, -0.15) is 0 Å². The highest BCUT2D eigenvalue weighted by Crippen LogP contribution is 2.43. The molecule has 3 unspecified atom stereocenters. The van der Waals surface area contributed by atoms with Crippen molar-refractivity contribution in [1.29, 1.82) is 0 Å². The minimum Gasteiger partial charge on any atom is -0.474 e. The number of aromatic nitrogens is 2. The van der Waals surface area contributed by atoms with Crippen LogP contribution in [-0.2, 0) is 9.53 Å². The summed E-state index contributed by atoms with van der Waals surface area (Å²) in [5.41, 5.74) is 11.0. The summed E-state index contributed by atoms with van der Waals surface area (Å²) in [6.07, 6.45) is -4.26. The third-order valence-corrected chi connectivity index (χ3v) is 7.40. The van der Waals surface area contributed by atoms with E-state index in [1.54, 1.807) is 34.6 Å². The summed E-state index contributed by atoms with van der Waals surface area (Å²) in [6, 6.07) is 1.07. The topological polar surface area (TPSA) is 135 Å². The zero-order chi connectivity index (χ0) is 31.8. The summed E-state index contributed by atoms with van der Waals surface area (Å²) in [6.45, 7) is 8.80. The van der Waals surface area contributed by atoms with Crippen LogP contribution in [0.25, 0.3) is 22.0 Å². The number of alkyl halides is 3. The molecule has 0 bridgehead atoms. The number of anilines is 2. The molecule has 3 aromatic rings. The number of pyridine rings is 2. The van der Waals surface area contributed by atoms with E-state index in [-0.39, 0.29) is 46.1 Å². The Morgan fingerprint density at radius 2 is 1.77 bits per heavy atom. The van der Waals surface area contributed by atoms with Crippen molar-refractivity contribution in [3.63, 3.8) is 0 Å². The van der Waals surface area contributed by atoms with Gasteiger partial charge in [0.15, 0.2) is 17.4 Å². The van der Waals surface area contributed by atoms with Gasteiger partial charge in [0.2, 0.25) is 5.88 Å². The van der Waals surface area contributed by atoms with E-state index in [9.17, 15) is 22.4 Å². The number of benzene rings is 1. The van der Waals surface area contributed by atoms with Gasteiger partial charge in [0.05, 0.1) is 17.1 Å². The van der Waals surface area contributed by atoms with E-state index < -0.39 is 47.1 Å². The van der Waals surface area contributed by atoms with Crippen molar-refractivity contribution >= 4 is 28.2 Å². The highest BCUT2D eigenvalue weighted by Gasteiger charge is 2.36. The Labute approximate surface area is 245 Å². The third kappa shape index (κ3) is 7.00. The van der Waals surface area contributed by atoms with Gasteiger partial charge >= 0.3 is 12.3 Å². The molecule has 234 valence electrons. The van der Waals surface area contributed by atoms with Crippen molar-refractivity contribution in [1.82, 2.24) is 15.3 Å². The number of ether oxygens (including phenoxy) is 3. The Morgan fingerprint density at radius 1 is 1.07 bits per heavy atom. The lowest BCUT2D eigenvalue weighted by atomic mass is 9.97. The highest BCUT2D eigenvalue weighted by atomic mass is 19.4. The summed E-state index contributed by atoms with van der Waals surface area (Å²) < 4.78 is 86.3. The standard InChI is InChI=1S/C29H34F5N5O4/c1-12(2)41-28(40)20-8-6-7-16(11-37-20)15(5)42-27-22-21(13(3)14(4)38-26(22)36)23(31)24(39-27)18-9-17(35)10-19(30)25(18)43-29(32,33)34/h9-10,12,15-16,20,37H,6-8,11,35H2,1-5H3,(H2,36,38). The molecule has 1 aliphatic heterocycles. The number of carbonyl (C=O) groups excluding carboxylic acids is 1. The number of nitrogens with one attached hydrogen (secondary N) is 1. The minimum absolute atomic E-state index is 0.0128. The number of carbonyl (C=O) groups is 1. The number of nitrogen functional groups attached to an aromatic ring is 2. The Morgan fingerprint density at radius 3 is 2.42 bits per heavy atom. The molecule has 0 radical (unpaired) electrons. The number of esters is 1. The zero-order valence-corrected chi connectivity index (χ0v) is 24.4. The van der Waals surface area contributed by atoms with Crippen LogP contribution in [0, 0.1) is 31.4 Å². The number of fused-ring (bicyclic) bond motifs is 1. The third-order valence-electron chi connectivity index (χ3n) is 7.40. The smallest absolute Gasteiger partial charge is 0.474 e. The molecule has 1 aromatic carbocycles. The maximum absolute atomic E-state index is 16.2. The monoisotopic (exact) mass is 611 g/mol. The molecule has 3 heterocycles. The maximum Gasteiger partial charge on any atom is 0.573 e. The van der Waals surface area contributed by atoms with Gasteiger partial charge in [0, 0.05) is 35.3 Å². The van der Waals surface area contributed by atoms with Gasteiger partial charge in [-0.3, -0.25) is 4.79 Å². The Kier molecular flexibility index (Phi) is 9.19. The Hall–Kier alpha value is -3.94. The van der Waals surface area contributed by atoms with E-state index in [1.165, 1.54) is 0 Å². The van der Waals surface area contributed by atoms with Crippen LogP contribution < -0.4 is 26.3 Å². The number of rotatable bonds is 7. The lowest BCUT2D eigenvalue weighted by Gasteiger charge is -2.25. The number of halogens is 5. The first kappa shape index (κ1) is 32.0. The average molecular weight is 612 g/mol. The lowest BCUT2D eigenvalue weighted by molar-refractivity contribution is -0.275. The molecule has 0 aliphatic carbocycles. The van der Waals surface area contributed by atoms with E-state index in [0.717, 1.165) is 6.07 Å². The van der Waals surface area contributed by atoms with Crippen LogP contribution in [0.3, 0.4) is 0 Å². The molecule has 1 fully saturated rings. The maximum atomic E-state index is 16.2. The fraction of sp³-hybridized carbons (Fsp3) is 0.483. The van der Waals surface area contributed by atoms with Gasteiger partial charge in [0.25, 0.3) is 0 Å². The van der Waals surface area contributed by atoms with Crippen molar-refractivity contribution in [2.45, 2.75) is 78.5 Å².